The maximum absolute atomic E-state index is 11.1. The van der Waals surface area contributed by atoms with E-state index in [1.807, 2.05) is 0 Å². The molecule has 0 saturated carbocycles. The summed E-state index contributed by atoms with van der Waals surface area (Å²) in [7, 11) is 0. The van der Waals surface area contributed by atoms with Gasteiger partial charge in [0.1, 0.15) is 52.9 Å². The van der Waals surface area contributed by atoms with Crippen LogP contribution in [-0.2, 0) is 0 Å². The van der Waals surface area contributed by atoms with Gasteiger partial charge in [-0.1, -0.05) is 0 Å². The summed E-state index contributed by atoms with van der Waals surface area (Å²) in [4.78, 5) is 47.4. The molecule has 0 N–H and O–H groups in total. The van der Waals surface area contributed by atoms with E-state index in [2.05, 4.69) is 0 Å². The molecule has 0 radical (unpaired) electrons. The van der Waals surface area contributed by atoms with Crippen molar-refractivity contribution in [1.29, 1.82) is 0 Å². The molecule has 2 aliphatic rings. The molecule has 0 aromatic heterocycles. The molecule has 170 valence electrons. The van der Waals surface area contributed by atoms with Gasteiger partial charge in [0.15, 0.2) is 20.1 Å². The second-order valence-corrected chi connectivity index (χ2v) is 6.93. The van der Waals surface area contributed by atoms with Gasteiger partial charge in [-0.05, 0) is 12.8 Å². The summed E-state index contributed by atoms with van der Waals surface area (Å²) in [5.74, 6) is 0. The fraction of sp³-hybridized carbons (Fsp3) is 1.00. The quantitative estimate of drug-likeness (QED) is 0.223. The van der Waals surface area contributed by atoms with Crippen molar-refractivity contribution in [2.45, 2.75) is 12.8 Å². The van der Waals surface area contributed by atoms with E-state index >= 15 is 0 Å². The second kappa shape index (κ2) is 10.5. The molecule has 2 aliphatic heterocycles. The molecule has 30 heavy (non-hydrogen) atoms. The molecular formula is C12H24N10O8. The van der Waals surface area contributed by atoms with Crippen molar-refractivity contribution in [1.82, 2.24) is 29.8 Å². The first-order chi connectivity index (χ1) is 14.2. The number of hydrogen-bond donors (Lipinski definition) is 0. The Morgan fingerprint density at radius 1 is 0.500 bits per heavy atom. The highest BCUT2D eigenvalue weighted by atomic mass is 16.7. The van der Waals surface area contributed by atoms with Gasteiger partial charge in [-0.15, -0.1) is 20.0 Å². The highest BCUT2D eigenvalue weighted by molar-refractivity contribution is 4.65. The van der Waals surface area contributed by atoms with Crippen molar-refractivity contribution in [2.24, 2.45) is 0 Å². The van der Waals surface area contributed by atoms with Crippen molar-refractivity contribution in [3.05, 3.63) is 40.5 Å². The average Bonchev–Trinajstić information content (AvgIpc) is 3.02. The summed E-state index contributed by atoms with van der Waals surface area (Å²) in [6.45, 7) is 0.0999. The van der Waals surface area contributed by atoms with Crippen molar-refractivity contribution in [3.63, 3.8) is 0 Å². The fourth-order valence-electron chi connectivity index (χ4n) is 3.24. The van der Waals surface area contributed by atoms with Crippen LogP contribution in [0.15, 0.2) is 0 Å². The first kappa shape index (κ1) is 23.0. The summed E-state index contributed by atoms with van der Waals surface area (Å²) in [5.41, 5.74) is 0. The van der Waals surface area contributed by atoms with Crippen molar-refractivity contribution in [2.75, 3.05) is 65.9 Å². The maximum atomic E-state index is 11.1. The Balaban J connectivity index is 1.87. The van der Waals surface area contributed by atoms with Crippen LogP contribution in [-0.4, -0.2) is 116 Å². The van der Waals surface area contributed by atoms with Gasteiger partial charge in [-0.25, -0.2) is 40.5 Å². The molecule has 2 heterocycles. The van der Waals surface area contributed by atoms with Gasteiger partial charge in [0, 0.05) is 13.1 Å². The lowest BCUT2D eigenvalue weighted by atomic mass is 10.3. The summed E-state index contributed by atoms with van der Waals surface area (Å²) in [6, 6.07) is 0. The Kier molecular flexibility index (Phi) is 8.04. The van der Waals surface area contributed by atoms with Crippen LogP contribution in [0.2, 0.25) is 0 Å². The zero-order chi connectivity index (χ0) is 22.3. The van der Waals surface area contributed by atoms with Crippen molar-refractivity contribution < 1.29 is 20.1 Å². The number of hydrogen-bond acceptors (Lipinski definition) is 10. The molecular weight excluding hydrogens is 412 g/mol. The van der Waals surface area contributed by atoms with Crippen LogP contribution in [0.5, 0.6) is 0 Å². The van der Waals surface area contributed by atoms with E-state index in [9.17, 15) is 40.5 Å². The lowest BCUT2D eigenvalue weighted by Crippen LogP contribution is -2.43. The van der Waals surface area contributed by atoms with Gasteiger partial charge in [-0.3, -0.25) is 9.80 Å². The van der Waals surface area contributed by atoms with Crippen LogP contribution >= 0.6 is 0 Å². The van der Waals surface area contributed by atoms with E-state index in [0.717, 1.165) is 20.0 Å². The number of hydrazine groups is 4. The minimum Gasteiger partial charge on any atom is -0.259 e. The summed E-state index contributed by atoms with van der Waals surface area (Å²) in [5, 5.41) is 45.5. The Morgan fingerprint density at radius 2 is 0.733 bits per heavy atom. The minimum absolute atomic E-state index is 0.0642. The SMILES string of the molecule is O=[N+]([O-])N1CCN([N+](=O)[O-])CN(CCCCN2CN([N+](=O)[O-])CCN([N+](=O)[O-])C2)C1. The van der Waals surface area contributed by atoms with Gasteiger partial charge in [0.25, 0.3) is 0 Å². The van der Waals surface area contributed by atoms with Crippen LogP contribution in [0.3, 0.4) is 0 Å². The third kappa shape index (κ3) is 6.65. The molecule has 18 nitrogen and oxygen atoms in total. The molecule has 2 rings (SSSR count). The normalized spacial score (nSPS) is 19.3. The van der Waals surface area contributed by atoms with E-state index in [4.69, 9.17) is 0 Å². The summed E-state index contributed by atoms with van der Waals surface area (Å²) in [6.07, 6.45) is 1.01. The Bertz CT molecular complexity index is 550. The molecule has 0 aromatic carbocycles. The first-order valence-electron chi connectivity index (χ1n) is 9.19. The molecule has 0 amide bonds. The zero-order valence-corrected chi connectivity index (χ0v) is 16.2. The van der Waals surface area contributed by atoms with Crippen LogP contribution in [0.1, 0.15) is 12.8 Å². The highest BCUT2D eigenvalue weighted by Crippen LogP contribution is 2.09. The van der Waals surface area contributed by atoms with E-state index < -0.39 is 20.1 Å². The maximum Gasteiger partial charge on any atom is 0.161 e. The summed E-state index contributed by atoms with van der Waals surface area (Å²) >= 11 is 0. The molecule has 0 aliphatic carbocycles. The predicted octanol–water partition coefficient (Wildman–Crippen LogP) is -1.80. The lowest BCUT2D eigenvalue weighted by Gasteiger charge is -2.24. The molecule has 2 saturated heterocycles. The fourth-order valence-corrected chi connectivity index (χ4v) is 3.24. The molecule has 0 atom stereocenters. The van der Waals surface area contributed by atoms with Crippen molar-refractivity contribution in [3.8, 4) is 0 Å². The number of unbranched alkanes of at least 4 members (excludes halogenated alkanes) is 1. The standard InChI is InChI=1S/C12H24N10O8/c23-19(24)15-5-6-16(20(25)26)10-13(9-15)3-1-2-4-14-11-17(21(27)28)7-8-18(12-14)22(29)30/h1-12H2. The number of nitrogens with zero attached hydrogens (tertiary/aromatic N) is 10. The third-order valence-electron chi connectivity index (χ3n) is 4.81. The summed E-state index contributed by atoms with van der Waals surface area (Å²) < 4.78 is 0. The number of nitro groups is 4. The first-order valence-corrected chi connectivity index (χ1v) is 9.19. The Hall–Kier alpha value is -3.28. The average molecular weight is 436 g/mol. The van der Waals surface area contributed by atoms with Crippen LogP contribution in [0, 0.1) is 40.5 Å². The molecule has 0 unspecified atom stereocenters. The largest absolute Gasteiger partial charge is 0.259 e. The lowest BCUT2D eigenvalue weighted by molar-refractivity contribution is -0.666. The van der Waals surface area contributed by atoms with Gasteiger partial charge in [0.2, 0.25) is 0 Å². The van der Waals surface area contributed by atoms with Gasteiger partial charge < -0.3 is 0 Å². The van der Waals surface area contributed by atoms with Gasteiger partial charge >= 0.3 is 0 Å². The van der Waals surface area contributed by atoms with Crippen LogP contribution in [0.25, 0.3) is 0 Å². The van der Waals surface area contributed by atoms with E-state index in [-0.39, 0.29) is 52.9 Å². The van der Waals surface area contributed by atoms with Gasteiger partial charge in [0.05, 0.1) is 0 Å². The van der Waals surface area contributed by atoms with Crippen LogP contribution < -0.4 is 0 Å². The number of rotatable bonds is 9. The second-order valence-electron chi connectivity index (χ2n) is 6.93. The zero-order valence-electron chi connectivity index (χ0n) is 16.2. The minimum atomic E-state index is -0.591. The van der Waals surface area contributed by atoms with E-state index in [0.29, 0.717) is 25.9 Å². The Morgan fingerprint density at radius 3 is 0.933 bits per heavy atom. The highest BCUT2D eigenvalue weighted by Gasteiger charge is 2.31. The smallest absolute Gasteiger partial charge is 0.161 e. The molecule has 2 fully saturated rings. The van der Waals surface area contributed by atoms with Crippen molar-refractivity contribution >= 4 is 0 Å². The van der Waals surface area contributed by atoms with Crippen LogP contribution in [0.4, 0.5) is 0 Å². The van der Waals surface area contributed by atoms with Gasteiger partial charge in [-0.2, -0.15) is 0 Å². The predicted molar refractivity (Wildman–Crippen MR) is 96.9 cm³/mol. The van der Waals surface area contributed by atoms with E-state index in [1.54, 1.807) is 9.80 Å². The molecule has 0 spiro atoms. The van der Waals surface area contributed by atoms with E-state index in [1.165, 1.54) is 0 Å². The topological polar surface area (TPSA) is 192 Å². The molecule has 18 heteroatoms. The molecule has 0 bridgehead atoms. The molecule has 0 aromatic rings. The third-order valence-corrected chi connectivity index (χ3v) is 4.81. The monoisotopic (exact) mass is 436 g/mol. The Labute approximate surface area is 170 Å².